The van der Waals surface area contributed by atoms with Crippen LogP contribution in [0.15, 0.2) is 0 Å². The monoisotopic (exact) mass is 149 g/mol. The zero-order valence-electron chi connectivity index (χ0n) is 5.33. The van der Waals surface area contributed by atoms with Crippen LogP contribution in [-0.2, 0) is 9.36 Å². The maximum absolute atomic E-state index is 10.5. The highest BCUT2D eigenvalue weighted by Crippen LogP contribution is 2.18. The minimum absolute atomic E-state index is 0.0202. The molecule has 0 saturated carbocycles. The molecule has 9 heavy (non-hydrogen) atoms. The molecule has 0 aromatic rings. The number of hydrogen-bond donors (Lipinski definition) is 1. The zero-order chi connectivity index (χ0) is 7.28. The fourth-order valence-corrected chi connectivity index (χ4v) is 1.06. The van der Waals surface area contributed by atoms with Crippen molar-refractivity contribution >= 4 is 13.6 Å². The molecular formula is C5H10O3P+. The minimum atomic E-state index is -1.53. The molecule has 0 aromatic carbocycles. The number of rotatable bonds is 4. The summed E-state index contributed by atoms with van der Waals surface area (Å²) in [6.45, 7) is 1.44. The third-order valence-corrected chi connectivity index (χ3v) is 1.91. The highest BCUT2D eigenvalue weighted by molar-refractivity contribution is 7.44. The number of carbonyl (C=O) groups excluding carboxylic acids is 1. The molecule has 52 valence electrons. The molecule has 0 bridgehead atoms. The van der Waals surface area contributed by atoms with Gasteiger partial charge in [0.05, 0.1) is 0 Å². The van der Waals surface area contributed by atoms with Crippen molar-refractivity contribution in [2.24, 2.45) is 0 Å². The van der Waals surface area contributed by atoms with Crippen LogP contribution in [-0.4, -0.2) is 23.4 Å². The molecular weight excluding hydrogens is 139 g/mol. The molecule has 0 spiro atoms. The van der Waals surface area contributed by atoms with Crippen LogP contribution in [0, 0.1) is 0 Å². The fraction of sp³-hybridized carbons (Fsp3) is 0.800. The number of aliphatic hydroxyl groups excluding tert-OH is 1. The SMILES string of the molecule is CC(=O)CC[P+](=O)CO. The lowest BCUT2D eigenvalue weighted by molar-refractivity contribution is -0.116. The number of hydrogen-bond acceptors (Lipinski definition) is 3. The normalized spacial score (nSPS) is 11.1. The smallest absolute Gasteiger partial charge is 0.353 e. The molecule has 0 heterocycles. The maximum atomic E-state index is 10.5. The van der Waals surface area contributed by atoms with E-state index in [2.05, 4.69) is 0 Å². The van der Waals surface area contributed by atoms with Crippen LogP contribution in [0.25, 0.3) is 0 Å². The maximum Gasteiger partial charge on any atom is 0.367 e. The van der Waals surface area contributed by atoms with E-state index in [0.717, 1.165) is 0 Å². The highest BCUT2D eigenvalue weighted by atomic mass is 31.1. The Morgan fingerprint density at radius 1 is 1.67 bits per heavy atom. The Morgan fingerprint density at radius 3 is 2.56 bits per heavy atom. The van der Waals surface area contributed by atoms with Crippen LogP contribution in [0.3, 0.4) is 0 Å². The molecule has 0 aliphatic carbocycles. The van der Waals surface area contributed by atoms with Gasteiger partial charge in [-0.2, -0.15) is 0 Å². The topological polar surface area (TPSA) is 54.4 Å². The van der Waals surface area contributed by atoms with Gasteiger partial charge in [-0.1, -0.05) is 4.57 Å². The predicted octanol–water partition coefficient (Wildman–Crippen LogP) is 0.743. The molecule has 1 unspecified atom stereocenters. The Kier molecular flexibility index (Phi) is 4.46. The Labute approximate surface area is 54.9 Å². The second-order valence-corrected chi connectivity index (χ2v) is 3.49. The van der Waals surface area contributed by atoms with Crippen molar-refractivity contribution in [3.63, 3.8) is 0 Å². The molecule has 1 atom stereocenters. The van der Waals surface area contributed by atoms with Crippen molar-refractivity contribution in [3.8, 4) is 0 Å². The first-order chi connectivity index (χ1) is 4.16. The van der Waals surface area contributed by atoms with Crippen molar-refractivity contribution in [2.75, 3.05) is 12.5 Å². The van der Waals surface area contributed by atoms with Crippen LogP contribution in [0.4, 0.5) is 0 Å². The van der Waals surface area contributed by atoms with E-state index in [1.54, 1.807) is 0 Å². The molecule has 0 amide bonds. The largest absolute Gasteiger partial charge is 0.367 e. The molecule has 0 aliphatic heterocycles. The number of aliphatic hydroxyl groups is 1. The van der Waals surface area contributed by atoms with Crippen LogP contribution >= 0.6 is 7.80 Å². The summed E-state index contributed by atoms with van der Waals surface area (Å²) in [7, 11) is -1.53. The van der Waals surface area contributed by atoms with E-state index in [0.29, 0.717) is 12.6 Å². The van der Waals surface area contributed by atoms with E-state index in [-0.39, 0.29) is 12.1 Å². The third-order valence-electron chi connectivity index (χ3n) is 0.871. The third kappa shape index (κ3) is 5.60. The van der Waals surface area contributed by atoms with Crippen molar-refractivity contribution in [2.45, 2.75) is 13.3 Å². The molecule has 0 fully saturated rings. The highest BCUT2D eigenvalue weighted by Gasteiger charge is 2.12. The van der Waals surface area contributed by atoms with Gasteiger partial charge >= 0.3 is 7.80 Å². The Hall–Kier alpha value is -0.270. The van der Waals surface area contributed by atoms with E-state index >= 15 is 0 Å². The van der Waals surface area contributed by atoms with E-state index in [1.165, 1.54) is 6.92 Å². The predicted molar refractivity (Wildman–Crippen MR) is 34.9 cm³/mol. The summed E-state index contributed by atoms with van der Waals surface area (Å²) in [5.41, 5.74) is 0. The number of ketones is 1. The van der Waals surface area contributed by atoms with E-state index in [4.69, 9.17) is 5.11 Å². The lowest BCUT2D eigenvalue weighted by Gasteiger charge is -1.81. The van der Waals surface area contributed by atoms with Gasteiger partial charge in [0.1, 0.15) is 5.78 Å². The van der Waals surface area contributed by atoms with Crippen LogP contribution in [0.2, 0.25) is 0 Å². The van der Waals surface area contributed by atoms with Crippen molar-refractivity contribution in [1.82, 2.24) is 0 Å². The van der Waals surface area contributed by atoms with Crippen molar-refractivity contribution in [3.05, 3.63) is 0 Å². The minimum Gasteiger partial charge on any atom is -0.353 e. The molecule has 1 N–H and O–H groups in total. The van der Waals surface area contributed by atoms with E-state index in [9.17, 15) is 9.36 Å². The summed E-state index contributed by atoms with van der Waals surface area (Å²) in [6, 6.07) is 0. The van der Waals surface area contributed by atoms with Gasteiger partial charge in [0.25, 0.3) is 0 Å². The second-order valence-electron chi connectivity index (χ2n) is 1.80. The molecule has 0 rings (SSSR count). The summed E-state index contributed by atoms with van der Waals surface area (Å²) in [5, 5.41) is 8.25. The molecule has 0 radical (unpaired) electrons. The molecule has 0 aromatic heterocycles. The van der Waals surface area contributed by atoms with Crippen molar-refractivity contribution in [1.29, 1.82) is 0 Å². The molecule has 0 aliphatic rings. The van der Waals surface area contributed by atoms with Crippen molar-refractivity contribution < 1.29 is 14.5 Å². The van der Waals surface area contributed by atoms with Gasteiger partial charge < -0.3 is 5.11 Å². The zero-order valence-corrected chi connectivity index (χ0v) is 6.23. The van der Waals surface area contributed by atoms with Crippen LogP contribution in [0.1, 0.15) is 13.3 Å². The average Bonchev–Trinajstić information content (AvgIpc) is 1.83. The Balaban J connectivity index is 3.28. The van der Waals surface area contributed by atoms with Crippen LogP contribution in [0.5, 0.6) is 0 Å². The summed E-state index contributed by atoms with van der Waals surface area (Å²) < 4.78 is 10.5. The first-order valence-electron chi connectivity index (χ1n) is 2.69. The molecule has 3 nitrogen and oxygen atoms in total. The first-order valence-corrected chi connectivity index (χ1v) is 4.32. The van der Waals surface area contributed by atoms with Gasteiger partial charge in [-0.25, -0.2) is 0 Å². The summed E-state index contributed by atoms with van der Waals surface area (Å²) >= 11 is 0. The lowest BCUT2D eigenvalue weighted by Crippen LogP contribution is -1.92. The van der Waals surface area contributed by atoms with E-state index < -0.39 is 7.80 Å². The second kappa shape index (κ2) is 4.59. The van der Waals surface area contributed by atoms with Gasteiger partial charge in [-0.15, -0.1) is 0 Å². The quantitative estimate of drug-likeness (QED) is 0.600. The van der Waals surface area contributed by atoms with Gasteiger partial charge in [-0.05, 0) is 6.92 Å². The lowest BCUT2D eigenvalue weighted by atomic mass is 10.4. The average molecular weight is 149 g/mol. The number of carbonyl (C=O) groups is 1. The van der Waals surface area contributed by atoms with Gasteiger partial charge in [0.15, 0.2) is 6.16 Å². The standard InChI is InChI=1S/C5H10O3P/c1-5(7)2-3-9(8)4-6/h6H,2-4H2,1H3/q+1. The van der Waals surface area contributed by atoms with Gasteiger partial charge in [0, 0.05) is 6.42 Å². The summed E-state index contributed by atoms with van der Waals surface area (Å²) in [4.78, 5) is 10.3. The van der Waals surface area contributed by atoms with Crippen LogP contribution < -0.4 is 0 Å². The first kappa shape index (κ1) is 8.73. The van der Waals surface area contributed by atoms with Gasteiger partial charge in [-0.3, -0.25) is 4.79 Å². The molecule has 4 heteroatoms. The van der Waals surface area contributed by atoms with Gasteiger partial charge in [0.2, 0.25) is 6.35 Å². The Bertz CT molecular complexity index is 121. The number of Topliss-reactive ketones (excluding diaryl/α,β-unsaturated/α-hetero) is 1. The van der Waals surface area contributed by atoms with E-state index in [1.807, 2.05) is 0 Å². The summed E-state index contributed by atoms with van der Waals surface area (Å²) in [6.07, 6.45) is 0.333. The molecule has 0 saturated heterocycles. The Morgan fingerprint density at radius 2 is 2.22 bits per heavy atom. The summed E-state index contributed by atoms with van der Waals surface area (Å²) in [5.74, 6) is 0.0202. The fourth-order valence-electron chi connectivity index (χ4n) is 0.353.